The Morgan fingerprint density at radius 3 is 3.17 bits per heavy atom. The number of nitrogens with one attached hydrogen (secondary N) is 1. The van der Waals surface area contributed by atoms with Crippen LogP contribution in [0.25, 0.3) is 0 Å². The van der Waals surface area contributed by atoms with Gasteiger partial charge in [0.1, 0.15) is 0 Å². The number of nitrogens with two attached hydrogens (primary N) is 1. The number of carbonyl (C=O) groups excluding carboxylic acids is 1. The first-order valence-electron chi connectivity index (χ1n) is 8.02. The van der Waals surface area contributed by atoms with Crippen molar-refractivity contribution in [1.82, 2.24) is 9.88 Å². The summed E-state index contributed by atoms with van der Waals surface area (Å²) in [6.07, 6.45) is 3.39. The predicted molar refractivity (Wildman–Crippen MR) is 95.3 cm³/mol. The van der Waals surface area contributed by atoms with Crippen LogP contribution in [0.1, 0.15) is 28.2 Å². The molecule has 24 heavy (non-hydrogen) atoms. The Labute approximate surface area is 145 Å². The molecular formula is C17H22N4O2S. The highest BCUT2D eigenvalue weighted by Gasteiger charge is 2.26. The number of hydrogen-bond donors (Lipinski definition) is 2. The first kappa shape index (κ1) is 16.9. The second-order valence-corrected chi connectivity index (χ2v) is 6.85. The summed E-state index contributed by atoms with van der Waals surface area (Å²) < 4.78 is 5.66. The molecule has 3 heterocycles. The van der Waals surface area contributed by atoms with Crippen molar-refractivity contribution in [2.75, 3.05) is 31.6 Å². The number of aromatic nitrogens is 1. The summed E-state index contributed by atoms with van der Waals surface area (Å²) in [4.78, 5) is 19.3. The summed E-state index contributed by atoms with van der Waals surface area (Å²) in [6.45, 7) is 5.32. The Balaban J connectivity index is 1.77. The average Bonchev–Trinajstić information content (AvgIpc) is 3.10. The van der Waals surface area contributed by atoms with Crippen LogP contribution in [0.15, 0.2) is 36.0 Å². The molecule has 0 aliphatic carbocycles. The molecule has 0 saturated carbocycles. The normalized spacial score (nSPS) is 19.8. The van der Waals surface area contributed by atoms with E-state index in [1.165, 1.54) is 11.1 Å². The summed E-state index contributed by atoms with van der Waals surface area (Å²) in [5.74, 6) is -0.474. The van der Waals surface area contributed by atoms with E-state index in [2.05, 4.69) is 39.6 Å². The first-order valence-corrected chi connectivity index (χ1v) is 8.90. The third-order valence-electron chi connectivity index (χ3n) is 4.16. The molecule has 1 amide bonds. The zero-order chi connectivity index (χ0) is 16.9. The van der Waals surface area contributed by atoms with Gasteiger partial charge >= 0.3 is 0 Å². The van der Waals surface area contributed by atoms with Crippen LogP contribution in [-0.4, -0.2) is 48.1 Å². The van der Waals surface area contributed by atoms with Crippen molar-refractivity contribution in [3.05, 3.63) is 46.4 Å². The standard InChI is InChI=1S/C17H22N4O2S/c1-12-11-21(6-7-23-12)15(16-3-2-8-24-16)10-20-14-4-5-19-9-13(14)17(18)22/h2-5,8-9,12,15H,6-7,10-11H2,1H3,(H2,18,22)(H,19,20). The van der Waals surface area contributed by atoms with E-state index in [1.54, 1.807) is 23.6 Å². The van der Waals surface area contributed by atoms with Crippen molar-refractivity contribution >= 4 is 22.9 Å². The van der Waals surface area contributed by atoms with Crippen LogP contribution in [0.4, 0.5) is 5.69 Å². The number of nitrogens with zero attached hydrogens (tertiary/aromatic N) is 2. The number of anilines is 1. The number of pyridine rings is 1. The Kier molecular flexibility index (Phi) is 5.44. The Morgan fingerprint density at radius 1 is 1.58 bits per heavy atom. The molecule has 3 N–H and O–H groups in total. The van der Waals surface area contributed by atoms with Gasteiger partial charge in [-0.2, -0.15) is 0 Å². The lowest BCUT2D eigenvalue weighted by atomic mass is 10.1. The molecule has 0 bridgehead atoms. The monoisotopic (exact) mass is 346 g/mol. The lowest BCUT2D eigenvalue weighted by molar-refractivity contribution is -0.0322. The quantitative estimate of drug-likeness (QED) is 0.837. The highest BCUT2D eigenvalue weighted by Crippen LogP contribution is 2.28. The molecule has 0 spiro atoms. The van der Waals surface area contributed by atoms with Crippen molar-refractivity contribution in [3.8, 4) is 0 Å². The van der Waals surface area contributed by atoms with Crippen LogP contribution >= 0.6 is 11.3 Å². The molecule has 2 unspecified atom stereocenters. The van der Waals surface area contributed by atoms with Gasteiger partial charge in [0.15, 0.2) is 0 Å². The van der Waals surface area contributed by atoms with Crippen molar-refractivity contribution in [2.45, 2.75) is 19.1 Å². The van der Waals surface area contributed by atoms with Crippen molar-refractivity contribution in [3.63, 3.8) is 0 Å². The molecule has 6 nitrogen and oxygen atoms in total. The largest absolute Gasteiger partial charge is 0.382 e. The molecule has 1 aliphatic rings. The van der Waals surface area contributed by atoms with E-state index in [-0.39, 0.29) is 12.1 Å². The van der Waals surface area contributed by atoms with E-state index < -0.39 is 5.91 Å². The van der Waals surface area contributed by atoms with E-state index in [1.807, 2.05) is 0 Å². The molecule has 1 saturated heterocycles. The number of primary amides is 1. The lowest BCUT2D eigenvalue weighted by Gasteiger charge is -2.37. The minimum atomic E-state index is -0.474. The topological polar surface area (TPSA) is 80.5 Å². The second kappa shape index (κ2) is 7.74. The van der Waals surface area contributed by atoms with E-state index in [0.717, 1.165) is 25.4 Å². The van der Waals surface area contributed by atoms with Gasteiger partial charge in [0.2, 0.25) is 0 Å². The zero-order valence-corrected chi connectivity index (χ0v) is 14.5. The molecule has 1 fully saturated rings. The van der Waals surface area contributed by atoms with E-state index >= 15 is 0 Å². The van der Waals surface area contributed by atoms with Crippen LogP contribution in [0.3, 0.4) is 0 Å². The first-order chi connectivity index (χ1) is 11.6. The average molecular weight is 346 g/mol. The van der Waals surface area contributed by atoms with Crippen molar-refractivity contribution in [1.29, 1.82) is 0 Å². The van der Waals surface area contributed by atoms with Gasteiger partial charge in [0, 0.05) is 36.9 Å². The van der Waals surface area contributed by atoms with Crippen LogP contribution in [0.2, 0.25) is 0 Å². The van der Waals surface area contributed by atoms with Crippen LogP contribution in [0, 0.1) is 0 Å². The van der Waals surface area contributed by atoms with Gasteiger partial charge in [-0.15, -0.1) is 11.3 Å². The third-order valence-corrected chi connectivity index (χ3v) is 5.13. The fourth-order valence-corrected chi connectivity index (χ4v) is 3.83. The molecule has 2 atom stereocenters. The van der Waals surface area contributed by atoms with Crippen molar-refractivity contribution in [2.24, 2.45) is 5.73 Å². The predicted octanol–water partition coefficient (Wildman–Crippen LogP) is 2.12. The summed E-state index contributed by atoms with van der Waals surface area (Å²) in [5, 5.41) is 5.47. The van der Waals surface area contributed by atoms with Crippen molar-refractivity contribution < 1.29 is 9.53 Å². The zero-order valence-electron chi connectivity index (χ0n) is 13.6. The summed E-state index contributed by atoms with van der Waals surface area (Å²) in [7, 11) is 0. The van der Waals surface area contributed by atoms with E-state index in [0.29, 0.717) is 12.1 Å². The SMILES string of the molecule is CC1CN(C(CNc2ccncc2C(N)=O)c2cccs2)CCO1. The molecule has 2 aromatic heterocycles. The van der Waals surface area contributed by atoms with Gasteiger partial charge in [0.25, 0.3) is 5.91 Å². The number of rotatable bonds is 6. The summed E-state index contributed by atoms with van der Waals surface area (Å²) in [6, 6.07) is 6.23. The second-order valence-electron chi connectivity index (χ2n) is 5.87. The highest BCUT2D eigenvalue weighted by molar-refractivity contribution is 7.10. The Hall–Kier alpha value is -1.96. The molecule has 1 aliphatic heterocycles. The number of ether oxygens (including phenoxy) is 1. The maximum atomic E-state index is 11.6. The summed E-state index contributed by atoms with van der Waals surface area (Å²) >= 11 is 1.75. The van der Waals surface area contributed by atoms with Gasteiger partial charge in [-0.05, 0) is 24.4 Å². The molecule has 0 aromatic carbocycles. The fourth-order valence-electron chi connectivity index (χ4n) is 2.97. The molecule has 3 rings (SSSR count). The minimum Gasteiger partial charge on any atom is -0.382 e. The fraction of sp³-hybridized carbons (Fsp3) is 0.412. The van der Waals surface area contributed by atoms with Gasteiger partial charge in [-0.25, -0.2) is 0 Å². The molecule has 0 radical (unpaired) electrons. The maximum Gasteiger partial charge on any atom is 0.252 e. The number of thiophene rings is 1. The van der Waals surface area contributed by atoms with Crippen LogP contribution in [0.5, 0.6) is 0 Å². The number of carbonyl (C=O) groups is 1. The Morgan fingerprint density at radius 2 is 2.46 bits per heavy atom. The number of hydrogen-bond acceptors (Lipinski definition) is 6. The minimum absolute atomic E-state index is 0.225. The molecule has 2 aromatic rings. The number of amides is 1. The third kappa shape index (κ3) is 3.92. The van der Waals surface area contributed by atoms with Gasteiger partial charge in [-0.3, -0.25) is 14.7 Å². The van der Waals surface area contributed by atoms with E-state index in [9.17, 15) is 4.79 Å². The van der Waals surface area contributed by atoms with Gasteiger partial charge in [-0.1, -0.05) is 6.07 Å². The molecule has 7 heteroatoms. The highest BCUT2D eigenvalue weighted by atomic mass is 32.1. The van der Waals surface area contributed by atoms with E-state index in [4.69, 9.17) is 10.5 Å². The van der Waals surface area contributed by atoms with Gasteiger partial charge in [0.05, 0.1) is 30.0 Å². The molecular weight excluding hydrogens is 324 g/mol. The maximum absolute atomic E-state index is 11.6. The van der Waals surface area contributed by atoms with Gasteiger partial charge < -0.3 is 15.8 Å². The Bertz CT molecular complexity index is 677. The summed E-state index contributed by atoms with van der Waals surface area (Å²) in [5.41, 5.74) is 6.57. The van der Waals surface area contributed by atoms with Crippen LogP contribution < -0.4 is 11.1 Å². The van der Waals surface area contributed by atoms with Crippen LogP contribution in [-0.2, 0) is 4.74 Å². The smallest absolute Gasteiger partial charge is 0.252 e. The molecule has 128 valence electrons. The number of morpholine rings is 1. The lowest BCUT2D eigenvalue weighted by Crippen LogP contribution is -2.44.